The van der Waals surface area contributed by atoms with E-state index >= 15 is 0 Å². The van der Waals surface area contributed by atoms with Gasteiger partial charge in [0.2, 0.25) is 11.8 Å². The minimum atomic E-state index is -0.763. The zero-order valence-corrected chi connectivity index (χ0v) is 18.9. The first-order valence-electron chi connectivity index (χ1n) is 10.4. The molecule has 0 aliphatic rings. The molecule has 0 saturated carbocycles. The minimum Gasteiger partial charge on any atom is -0.357 e. The highest BCUT2D eigenvalue weighted by molar-refractivity contribution is 6.31. The molecule has 0 heterocycles. The van der Waals surface area contributed by atoms with Gasteiger partial charge in [-0.2, -0.15) is 0 Å². The topological polar surface area (TPSA) is 49.4 Å². The van der Waals surface area contributed by atoms with E-state index in [-0.39, 0.29) is 35.4 Å². The summed E-state index contributed by atoms with van der Waals surface area (Å²) in [6.45, 7) is 2.19. The quantitative estimate of drug-likeness (QED) is 0.537. The van der Waals surface area contributed by atoms with Gasteiger partial charge in [-0.05, 0) is 30.2 Å². The van der Waals surface area contributed by atoms with Gasteiger partial charge in [-0.1, -0.05) is 77.8 Å². The average molecular weight is 453 g/mol. The number of rotatable bonds is 8. The summed E-state index contributed by atoms with van der Waals surface area (Å²) < 4.78 is 14.4. The van der Waals surface area contributed by atoms with Crippen LogP contribution in [0.15, 0.2) is 72.8 Å². The molecule has 3 aromatic rings. The summed E-state index contributed by atoms with van der Waals surface area (Å²) >= 11 is 6.17. The van der Waals surface area contributed by atoms with Gasteiger partial charge in [-0.25, -0.2) is 4.39 Å². The first kappa shape index (κ1) is 23.5. The first-order chi connectivity index (χ1) is 15.4. The van der Waals surface area contributed by atoms with Gasteiger partial charge in [0, 0.05) is 30.6 Å². The van der Waals surface area contributed by atoms with Crippen molar-refractivity contribution in [2.45, 2.75) is 32.4 Å². The molecule has 0 fully saturated rings. The van der Waals surface area contributed by atoms with Crippen LogP contribution in [-0.2, 0) is 29.0 Å². The van der Waals surface area contributed by atoms with Crippen molar-refractivity contribution in [1.82, 2.24) is 10.2 Å². The fraction of sp³-hybridized carbons (Fsp3) is 0.231. The Kier molecular flexibility index (Phi) is 8.01. The van der Waals surface area contributed by atoms with Crippen molar-refractivity contribution >= 4 is 23.4 Å². The van der Waals surface area contributed by atoms with Gasteiger partial charge in [0.25, 0.3) is 0 Å². The molecule has 1 N–H and O–H groups in total. The molecule has 0 aliphatic heterocycles. The second kappa shape index (κ2) is 10.9. The Morgan fingerprint density at radius 1 is 1.00 bits per heavy atom. The van der Waals surface area contributed by atoms with Gasteiger partial charge in [-0.3, -0.25) is 9.59 Å². The highest BCUT2D eigenvalue weighted by Gasteiger charge is 2.30. The smallest absolute Gasteiger partial charge is 0.242 e. The van der Waals surface area contributed by atoms with Crippen molar-refractivity contribution in [2.24, 2.45) is 0 Å². The second-order valence-electron chi connectivity index (χ2n) is 7.71. The van der Waals surface area contributed by atoms with Crippen LogP contribution in [0.1, 0.15) is 22.3 Å². The van der Waals surface area contributed by atoms with Crippen LogP contribution in [0.5, 0.6) is 0 Å². The van der Waals surface area contributed by atoms with Gasteiger partial charge in [0.15, 0.2) is 0 Å². The Labute approximate surface area is 193 Å². The fourth-order valence-corrected chi connectivity index (χ4v) is 3.91. The van der Waals surface area contributed by atoms with Crippen molar-refractivity contribution in [1.29, 1.82) is 0 Å². The predicted molar refractivity (Wildman–Crippen MR) is 125 cm³/mol. The molecule has 3 aromatic carbocycles. The van der Waals surface area contributed by atoms with E-state index in [0.717, 1.165) is 16.7 Å². The fourth-order valence-electron chi connectivity index (χ4n) is 3.68. The number of halogens is 2. The summed E-state index contributed by atoms with van der Waals surface area (Å²) in [4.78, 5) is 27.9. The maximum Gasteiger partial charge on any atom is 0.242 e. The zero-order chi connectivity index (χ0) is 23.1. The van der Waals surface area contributed by atoms with Gasteiger partial charge in [0.05, 0.1) is 6.42 Å². The van der Waals surface area contributed by atoms with Crippen LogP contribution >= 0.6 is 11.6 Å². The maximum absolute atomic E-state index is 14.4. The number of nitrogens with zero attached hydrogens (tertiary/aromatic N) is 1. The molecule has 0 saturated heterocycles. The molecular weight excluding hydrogens is 427 g/mol. The van der Waals surface area contributed by atoms with Gasteiger partial charge < -0.3 is 10.2 Å². The monoisotopic (exact) mass is 452 g/mol. The van der Waals surface area contributed by atoms with Crippen LogP contribution < -0.4 is 5.32 Å². The van der Waals surface area contributed by atoms with Gasteiger partial charge in [-0.15, -0.1) is 0 Å². The van der Waals surface area contributed by atoms with Crippen LogP contribution in [0, 0.1) is 12.7 Å². The molecule has 166 valence electrons. The van der Waals surface area contributed by atoms with Crippen LogP contribution in [0.4, 0.5) is 4.39 Å². The lowest BCUT2D eigenvalue weighted by Crippen LogP contribution is -2.50. The molecular formula is C26H26ClFN2O2. The number of likely N-dealkylation sites (N-methyl/N-ethyl adjacent to an activating group) is 1. The number of carbonyl (C=O) groups excluding carboxylic acids is 2. The van der Waals surface area contributed by atoms with Crippen LogP contribution in [0.3, 0.4) is 0 Å². The molecule has 0 bridgehead atoms. The van der Waals surface area contributed by atoms with Crippen molar-refractivity contribution < 1.29 is 14.0 Å². The van der Waals surface area contributed by atoms with Crippen molar-refractivity contribution in [3.8, 4) is 0 Å². The molecule has 3 rings (SSSR count). The second-order valence-corrected chi connectivity index (χ2v) is 8.11. The molecule has 4 nitrogen and oxygen atoms in total. The van der Waals surface area contributed by atoms with E-state index in [4.69, 9.17) is 11.6 Å². The molecule has 1 unspecified atom stereocenters. The maximum atomic E-state index is 14.4. The molecule has 2 amide bonds. The minimum absolute atomic E-state index is 0.128. The molecule has 32 heavy (non-hydrogen) atoms. The first-order valence-corrected chi connectivity index (χ1v) is 10.8. The largest absolute Gasteiger partial charge is 0.357 e. The standard InChI is InChI=1S/C26H26ClFN2O2/c1-18-8-6-11-20(14-18)17-30(25(31)16-21-22(27)12-7-13-23(21)28)24(26(32)29-2)15-19-9-4-3-5-10-19/h3-14,24H,15-17H2,1-2H3,(H,29,32). The number of benzene rings is 3. The van der Waals surface area contributed by atoms with E-state index in [1.807, 2.05) is 61.5 Å². The molecule has 0 aliphatic carbocycles. The Bertz CT molecular complexity index is 1070. The summed E-state index contributed by atoms with van der Waals surface area (Å²) in [5.74, 6) is -1.20. The SMILES string of the molecule is CNC(=O)C(Cc1ccccc1)N(Cc1cccc(C)c1)C(=O)Cc1c(F)cccc1Cl. The van der Waals surface area contributed by atoms with E-state index < -0.39 is 11.9 Å². The number of nitrogens with one attached hydrogen (secondary N) is 1. The summed E-state index contributed by atoms with van der Waals surface area (Å²) in [7, 11) is 1.55. The van der Waals surface area contributed by atoms with Crippen molar-refractivity contribution in [2.75, 3.05) is 7.05 Å². The van der Waals surface area contributed by atoms with Crippen molar-refractivity contribution in [3.63, 3.8) is 0 Å². The van der Waals surface area contributed by atoms with E-state index in [0.29, 0.717) is 6.42 Å². The summed E-state index contributed by atoms with van der Waals surface area (Å²) in [6.07, 6.45) is 0.0999. The van der Waals surface area contributed by atoms with E-state index in [2.05, 4.69) is 5.32 Å². The number of hydrogen-bond acceptors (Lipinski definition) is 2. The number of hydrogen-bond donors (Lipinski definition) is 1. The molecule has 0 radical (unpaired) electrons. The third-order valence-corrected chi connectivity index (χ3v) is 5.70. The number of amides is 2. The third kappa shape index (κ3) is 5.95. The lowest BCUT2D eigenvalue weighted by Gasteiger charge is -2.31. The third-order valence-electron chi connectivity index (χ3n) is 5.34. The molecule has 6 heteroatoms. The van der Waals surface area contributed by atoms with Gasteiger partial charge in [0.1, 0.15) is 11.9 Å². The van der Waals surface area contributed by atoms with Crippen LogP contribution in [0.2, 0.25) is 5.02 Å². The lowest BCUT2D eigenvalue weighted by atomic mass is 10.0. The van der Waals surface area contributed by atoms with Gasteiger partial charge >= 0.3 is 0 Å². The number of carbonyl (C=O) groups is 2. The van der Waals surface area contributed by atoms with E-state index in [1.165, 1.54) is 17.0 Å². The van der Waals surface area contributed by atoms with E-state index in [1.54, 1.807) is 13.1 Å². The highest BCUT2D eigenvalue weighted by Crippen LogP contribution is 2.22. The van der Waals surface area contributed by atoms with Crippen LogP contribution in [0.25, 0.3) is 0 Å². The Hall–Kier alpha value is -3.18. The predicted octanol–water partition coefficient (Wildman–Crippen LogP) is 4.72. The Morgan fingerprint density at radius 3 is 2.34 bits per heavy atom. The Balaban J connectivity index is 1.98. The molecule has 0 aromatic heterocycles. The van der Waals surface area contributed by atoms with Crippen LogP contribution in [-0.4, -0.2) is 29.8 Å². The average Bonchev–Trinajstić information content (AvgIpc) is 2.79. The van der Waals surface area contributed by atoms with Crippen molar-refractivity contribution in [3.05, 3.63) is 106 Å². The Morgan fingerprint density at radius 2 is 1.69 bits per heavy atom. The lowest BCUT2D eigenvalue weighted by molar-refractivity contribution is -0.140. The highest BCUT2D eigenvalue weighted by atomic mass is 35.5. The van der Waals surface area contributed by atoms with E-state index in [9.17, 15) is 14.0 Å². The number of aryl methyl sites for hydroxylation is 1. The summed E-state index contributed by atoms with van der Waals surface area (Å²) in [6, 6.07) is 20.8. The zero-order valence-electron chi connectivity index (χ0n) is 18.1. The molecule has 0 spiro atoms. The summed E-state index contributed by atoms with van der Waals surface area (Å²) in [5.41, 5.74) is 2.99. The normalized spacial score (nSPS) is 11.6. The molecule has 1 atom stereocenters. The summed E-state index contributed by atoms with van der Waals surface area (Å²) in [5, 5.41) is 2.86.